The number of nitro benzene ring substituents is 1. The highest BCUT2D eigenvalue weighted by Gasteiger charge is 2.22. The number of nitrogens with zero attached hydrogens (tertiary/aromatic N) is 2. The summed E-state index contributed by atoms with van der Waals surface area (Å²) in [4.78, 5) is 58.5. The Balaban J connectivity index is 1.48. The molecule has 0 radical (unpaired) electrons. The number of aryl methyl sites for hydroxylation is 1. The summed E-state index contributed by atoms with van der Waals surface area (Å²) < 4.78 is 16.0. The van der Waals surface area contributed by atoms with Gasteiger partial charge in [0.2, 0.25) is 0 Å². The molecule has 0 saturated carbocycles. The molecule has 0 aliphatic rings. The molecule has 2 aromatic carbocycles. The number of hydrogen-bond donors (Lipinski definition) is 1. The molecule has 1 aromatic heterocycles. The first kappa shape index (κ1) is 25.1. The van der Waals surface area contributed by atoms with Gasteiger partial charge in [0.1, 0.15) is 6.04 Å². The molecule has 0 aliphatic carbocycles. The Labute approximate surface area is 198 Å². The lowest BCUT2D eigenvalue weighted by atomic mass is 10.1. The van der Waals surface area contributed by atoms with Crippen LogP contribution in [-0.2, 0) is 36.8 Å². The van der Waals surface area contributed by atoms with Crippen molar-refractivity contribution in [1.82, 2.24) is 9.88 Å². The Bertz CT molecular complexity index is 1280. The monoisotopic (exact) mass is 485 g/mol. The van der Waals surface area contributed by atoms with Gasteiger partial charge in [-0.25, -0.2) is 9.59 Å². The number of non-ortho nitro benzene ring substituents is 1. The van der Waals surface area contributed by atoms with Gasteiger partial charge in [0, 0.05) is 25.5 Å². The molecular formula is C23H23N3O9. The first-order chi connectivity index (χ1) is 16.8. The molecule has 0 aliphatic heterocycles. The van der Waals surface area contributed by atoms with Crippen LogP contribution in [0.15, 0.2) is 57.7 Å². The summed E-state index contributed by atoms with van der Waals surface area (Å²) in [5.41, 5.74) is 1.04. The van der Waals surface area contributed by atoms with E-state index < -0.39 is 41.2 Å². The van der Waals surface area contributed by atoms with Gasteiger partial charge in [0.05, 0.1) is 23.6 Å². The van der Waals surface area contributed by atoms with Gasteiger partial charge in [-0.15, -0.1) is 0 Å². The molecule has 35 heavy (non-hydrogen) atoms. The van der Waals surface area contributed by atoms with Crippen LogP contribution in [0.4, 0.5) is 5.69 Å². The van der Waals surface area contributed by atoms with E-state index in [9.17, 15) is 29.3 Å². The molecule has 1 heterocycles. The SMILES string of the molecule is COC(=O)C(Cc1ccccc1)NC(=O)COC(=O)CCCn1c(=O)oc2cc([N+](=O)[O-])ccc21. The second-order valence-corrected chi connectivity index (χ2v) is 7.53. The predicted octanol–water partition coefficient (Wildman–Crippen LogP) is 1.73. The number of nitro groups is 1. The maximum atomic E-state index is 12.2. The molecule has 1 atom stereocenters. The van der Waals surface area contributed by atoms with E-state index in [1.54, 1.807) is 24.3 Å². The summed E-state index contributed by atoms with van der Waals surface area (Å²) in [6.07, 6.45) is 0.318. The van der Waals surface area contributed by atoms with Crippen LogP contribution in [0.3, 0.4) is 0 Å². The largest absolute Gasteiger partial charge is 0.467 e. The number of amides is 1. The number of nitrogens with one attached hydrogen (secondary N) is 1. The molecular weight excluding hydrogens is 462 g/mol. The minimum Gasteiger partial charge on any atom is -0.467 e. The molecule has 12 nitrogen and oxygen atoms in total. The second-order valence-electron chi connectivity index (χ2n) is 7.53. The smallest absolute Gasteiger partial charge is 0.419 e. The van der Waals surface area contributed by atoms with E-state index in [4.69, 9.17) is 13.9 Å². The third kappa shape index (κ3) is 6.76. The van der Waals surface area contributed by atoms with Gasteiger partial charge >= 0.3 is 17.7 Å². The van der Waals surface area contributed by atoms with Crippen LogP contribution in [-0.4, -0.2) is 47.1 Å². The summed E-state index contributed by atoms with van der Waals surface area (Å²) in [5, 5.41) is 13.4. The number of aromatic nitrogens is 1. The van der Waals surface area contributed by atoms with E-state index in [0.29, 0.717) is 5.52 Å². The van der Waals surface area contributed by atoms with Crippen LogP contribution in [0.25, 0.3) is 11.1 Å². The number of carbonyl (C=O) groups excluding carboxylic acids is 3. The van der Waals surface area contributed by atoms with Crippen molar-refractivity contribution in [3.63, 3.8) is 0 Å². The zero-order valence-corrected chi connectivity index (χ0v) is 18.8. The number of hydrogen-bond acceptors (Lipinski definition) is 9. The third-order valence-electron chi connectivity index (χ3n) is 5.09. The average Bonchev–Trinajstić information content (AvgIpc) is 3.16. The fourth-order valence-corrected chi connectivity index (χ4v) is 3.40. The number of methoxy groups -OCH3 is 1. The standard InChI is InChI=1S/C23H23N3O9/c1-33-22(29)17(12-15-6-3-2-4-7-15)24-20(27)14-34-21(28)8-5-11-25-18-10-9-16(26(31)32)13-19(18)35-23(25)30/h2-4,6-7,9-10,13,17H,5,8,11-12,14H2,1H3,(H,24,27). The van der Waals surface area contributed by atoms with Gasteiger partial charge in [-0.1, -0.05) is 30.3 Å². The van der Waals surface area contributed by atoms with Crippen molar-refractivity contribution >= 4 is 34.6 Å². The lowest BCUT2D eigenvalue weighted by Gasteiger charge is -2.16. The molecule has 1 unspecified atom stereocenters. The zero-order chi connectivity index (χ0) is 25.4. The van der Waals surface area contributed by atoms with Gasteiger partial charge in [-0.3, -0.25) is 24.3 Å². The quantitative estimate of drug-likeness (QED) is 0.242. The summed E-state index contributed by atoms with van der Waals surface area (Å²) in [6.45, 7) is -0.480. The summed E-state index contributed by atoms with van der Waals surface area (Å²) in [5.74, 6) is -2.67. The van der Waals surface area contributed by atoms with Crippen molar-refractivity contribution < 1.29 is 33.2 Å². The van der Waals surface area contributed by atoms with Gasteiger partial charge < -0.3 is 19.2 Å². The van der Waals surface area contributed by atoms with Crippen molar-refractivity contribution in [3.8, 4) is 0 Å². The van der Waals surface area contributed by atoms with Gasteiger partial charge in [0.15, 0.2) is 12.2 Å². The van der Waals surface area contributed by atoms with Gasteiger partial charge in [-0.05, 0) is 18.1 Å². The predicted molar refractivity (Wildman–Crippen MR) is 121 cm³/mol. The fraction of sp³-hybridized carbons (Fsp3) is 0.304. The molecule has 0 bridgehead atoms. The van der Waals surface area contributed by atoms with Crippen molar-refractivity contribution in [2.24, 2.45) is 0 Å². The van der Waals surface area contributed by atoms with Crippen molar-refractivity contribution in [2.75, 3.05) is 13.7 Å². The zero-order valence-electron chi connectivity index (χ0n) is 18.8. The molecule has 1 N–H and O–H groups in total. The molecule has 1 amide bonds. The number of ether oxygens (including phenoxy) is 2. The highest BCUT2D eigenvalue weighted by Crippen LogP contribution is 2.20. The minimum absolute atomic E-state index is 0.0686. The molecule has 0 spiro atoms. The molecule has 0 fully saturated rings. The number of esters is 2. The van der Waals surface area contributed by atoms with Crippen LogP contribution in [0.5, 0.6) is 0 Å². The third-order valence-corrected chi connectivity index (χ3v) is 5.09. The first-order valence-electron chi connectivity index (χ1n) is 10.6. The van der Waals surface area contributed by atoms with E-state index in [-0.39, 0.29) is 37.1 Å². The lowest BCUT2D eigenvalue weighted by molar-refractivity contribution is -0.384. The maximum Gasteiger partial charge on any atom is 0.419 e. The summed E-state index contributed by atoms with van der Waals surface area (Å²) in [7, 11) is 1.21. The summed E-state index contributed by atoms with van der Waals surface area (Å²) in [6, 6.07) is 11.9. The number of carbonyl (C=O) groups is 3. The topological polar surface area (TPSA) is 160 Å². The van der Waals surface area contributed by atoms with E-state index >= 15 is 0 Å². The molecule has 3 aromatic rings. The summed E-state index contributed by atoms with van der Waals surface area (Å²) >= 11 is 0. The Hall–Kier alpha value is -4.48. The van der Waals surface area contributed by atoms with Gasteiger partial charge in [0.25, 0.3) is 11.6 Å². The molecule has 184 valence electrons. The highest BCUT2D eigenvalue weighted by molar-refractivity contribution is 5.86. The van der Waals surface area contributed by atoms with E-state index in [0.717, 1.165) is 11.6 Å². The van der Waals surface area contributed by atoms with Crippen LogP contribution in [0.2, 0.25) is 0 Å². The Morgan fingerprint density at radius 2 is 1.91 bits per heavy atom. The van der Waals surface area contributed by atoms with Crippen molar-refractivity contribution in [3.05, 3.63) is 74.8 Å². The Morgan fingerprint density at radius 1 is 1.17 bits per heavy atom. The van der Waals surface area contributed by atoms with Crippen LogP contribution >= 0.6 is 0 Å². The fourth-order valence-electron chi connectivity index (χ4n) is 3.40. The van der Waals surface area contributed by atoms with Crippen LogP contribution in [0, 0.1) is 10.1 Å². The Morgan fingerprint density at radius 3 is 2.60 bits per heavy atom. The Kier molecular flexibility index (Phi) is 8.33. The lowest BCUT2D eigenvalue weighted by Crippen LogP contribution is -2.44. The van der Waals surface area contributed by atoms with Gasteiger partial charge in [-0.2, -0.15) is 0 Å². The molecule has 0 saturated heterocycles. The van der Waals surface area contributed by atoms with Crippen molar-refractivity contribution in [1.29, 1.82) is 0 Å². The number of benzene rings is 2. The van der Waals surface area contributed by atoms with Crippen LogP contribution < -0.4 is 11.1 Å². The van der Waals surface area contributed by atoms with Crippen molar-refractivity contribution in [2.45, 2.75) is 31.8 Å². The maximum absolute atomic E-state index is 12.2. The van der Waals surface area contributed by atoms with E-state index in [2.05, 4.69) is 5.32 Å². The first-order valence-corrected chi connectivity index (χ1v) is 10.6. The minimum atomic E-state index is -0.939. The normalized spacial score (nSPS) is 11.6. The second kappa shape index (κ2) is 11.6. The number of rotatable bonds is 11. The van der Waals surface area contributed by atoms with Crippen LogP contribution in [0.1, 0.15) is 18.4 Å². The van der Waals surface area contributed by atoms with E-state index in [1.165, 1.54) is 23.8 Å². The number of oxazole rings is 1. The highest BCUT2D eigenvalue weighted by atomic mass is 16.6. The number of fused-ring (bicyclic) bond motifs is 1. The molecule has 3 rings (SSSR count). The van der Waals surface area contributed by atoms with E-state index in [1.807, 2.05) is 6.07 Å². The molecule has 12 heteroatoms. The average molecular weight is 485 g/mol.